The molecule has 7 heteroatoms. The predicted octanol–water partition coefficient (Wildman–Crippen LogP) is -0.249. The SMILES string of the molecule is CCS(=O)(=O)O.CN1C=CC=C(C(N)=O)C1. The highest BCUT2D eigenvalue weighted by molar-refractivity contribution is 7.85. The first-order valence-electron chi connectivity index (χ1n) is 4.59. The molecule has 1 heterocycles. The van der Waals surface area contributed by atoms with Crippen molar-refractivity contribution < 1.29 is 17.8 Å². The summed E-state index contributed by atoms with van der Waals surface area (Å²) >= 11 is 0. The summed E-state index contributed by atoms with van der Waals surface area (Å²) < 4.78 is 26.9. The molecule has 0 atom stereocenters. The number of hydrogen-bond acceptors (Lipinski definition) is 4. The second-order valence-corrected chi connectivity index (χ2v) is 4.92. The Balaban J connectivity index is 0.000000325. The van der Waals surface area contributed by atoms with E-state index in [1.165, 1.54) is 6.92 Å². The second-order valence-electron chi connectivity index (χ2n) is 3.18. The van der Waals surface area contributed by atoms with Gasteiger partial charge in [-0.1, -0.05) is 6.08 Å². The van der Waals surface area contributed by atoms with Crippen molar-refractivity contribution in [2.24, 2.45) is 5.73 Å². The van der Waals surface area contributed by atoms with E-state index in [-0.39, 0.29) is 11.7 Å². The molecule has 0 aromatic rings. The highest BCUT2D eigenvalue weighted by Gasteiger charge is 2.07. The number of carbonyl (C=O) groups excluding carboxylic acids is 1. The van der Waals surface area contributed by atoms with Crippen LogP contribution in [0.5, 0.6) is 0 Å². The van der Waals surface area contributed by atoms with E-state index in [1.807, 2.05) is 24.2 Å². The number of rotatable bonds is 2. The van der Waals surface area contributed by atoms with Crippen LogP contribution < -0.4 is 5.73 Å². The molecular weight excluding hydrogens is 232 g/mol. The molecule has 0 aromatic heterocycles. The molecule has 0 aromatic carbocycles. The molecular formula is C9H16N2O4S. The maximum Gasteiger partial charge on any atom is 0.264 e. The summed E-state index contributed by atoms with van der Waals surface area (Å²) in [6.45, 7) is 1.99. The molecule has 0 spiro atoms. The highest BCUT2D eigenvalue weighted by atomic mass is 32.2. The van der Waals surface area contributed by atoms with Gasteiger partial charge in [-0.2, -0.15) is 8.42 Å². The lowest BCUT2D eigenvalue weighted by atomic mass is 10.2. The number of amides is 1. The number of carbonyl (C=O) groups is 1. The lowest BCUT2D eigenvalue weighted by Gasteiger charge is -2.17. The number of likely N-dealkylation sites (N-methyl/N-ethyl adjacent to an activating group) is 1. The van der Waals surface area contributed by atoms with Gasteiger partial charge in [0.15, 0.2) is 0 Å². The Hall–Kier alpha value is -1.34. The number of nitrogens with two attached hydrogens (primary N) is 1. The number of hydrogen-bond donors (Lipinski definition) is 2. The minimum Gasteiger partial charge on any atom is -0.376 e. The minimum atomic E-state index is -3.66. The van der Waals surface area contributed by atoms with E-state index in [0.717, 1.165) is 0 Å². The van der Waals surface area contributed by atoms with Crippen LogP contribution in [0.3, 0.4) is 0 Å². The van der Waals surface area contributed by atoms with Crippen LogP contribution in [-0.4, -0.2) is 43.1 Å². The fraction of sp³-hybridized carbons (Fsp3) is 0.444. The van der Waals surface area contributed by atoms with E-state index < -0.39 is 10.1 Å². The van der Waals surface area contributed by atoms with Crippen molar-refractivity contribution in [1.29, 1.82) is 0 Å². The summed E-state index contributed by atoms with van der Waals surface area (Å²) in [4.78, 5) is 12.5. The van der Waals surface area contributed by atoms with Crippen molar-refractivity contribution >= 4 is 16.0 Å². The third-order valence-electron chi connectivity index (χ3n) is 1.74. The van der Waals surface area contributed by atoms with E-state index in [2.05, 4.69) is 0 Å². The molecule has 0 bridgehead atoms. The first kappa shape index (κ1) is 14.7. The van der Waals surface area contributed by atoms with Crippen LogP contribution in [0, 0.1) is 0 Å². The second kappa shape index (κ2) is 6.29. The van der Waals surface area contributed by atoms with Crippen LogP contribution >= 0.6 is 0 Å². The first-order valence-corrected chi connectivity index (χ1v) is 6.19. The first-order chi connectivity index (χ1) is 7.26. The molecule has 92 valence electrons. The normalized spacial score (nSPS) is 14.9. The van der Waals surface area contributed by atoms with Crippen LogP contribution in [0.4, 0.5) is 0 Å². The Labute approximate surface area is 95.2 Å². The molecule has 0 radical (unpaired) electrons. The van der Waals surface area contributed by atoms with Gasteiger partial charge in [-0.3, -0.25) is 9.35 Å². The lowest BCUT2D eigenvalue weighted by molar-refractivity contribution is -0.114. The van der Waals surface area contributed by atoms with Gasteiger partial charge >= 0.3 is 0 Å². The molecule has 0 fully saturated rings. The van der Waals surface area contributed by atoms with Crippen LogP contribution in [0.25, 0.3) is 0 Å². The molecule has 0 aliphatic carbocycles. The summed E-state index contributed by atoms with van der Waals surface area (Å²) in [6.07, 6.45) is 5.44. The van der Waals surface area contributed by atoms with Crippen molar-refractivity contribution in [2.75, 3.05) is 19.3 Å². The summed E-state index contributed by atoms with van der Waals surface area (Å²) in [6, 6.07) is 0. The largest absolute Gasteiger partial charge is 0.376 e. The van der Waals surface area contributed by atoms with Gasteiger partial charge in [0.05, 0.1) is 5.75 Å². The predicted molar refractivity (Wildman–Crippen MR) is 61.1 cm³/mol. The molecule has 1 aliphatic rings. The summed E-state index contributed by atoms with van der Waals surface area (Å²) in [5, 5.41) is 0. The Morgan fingerprint density at radius 1 is 1.62 bits per heavy atom. The standard InChI is InChI=1S/C7H10N2O.C2H6O3S/c1-9-4-2-3-6(5-9)7(8)10;1-2-6(3,4)5/h2-4H,5H2,1H3,(H2,8,10);2H2,1H3,(H,3,4,5). The van der Waals surface area contributed by atoms with E-state index in [4.69, 9.17) is 10.3 Å². The molecule has 1 rings (SSSR count). The average molecular weight is 248 g/mol. The smallest absolute Gasteiger partial charge is 0.264 e. The van der Waals surface area contributed by atoms with Gasteiger partial charge in [0.2, 0.25) is 5.91 Å². The van der Waals surface area contributed by atoms with Crippen molar-refractivity contribution in [1.82, 2.24) is 4.90 Å². The van der Waals surface area contributed by atoms with E-state index in [1.54, 1.807) is 6.08 Å². The molecule has 3 N–H and O–H groups in total. The summed E-state index contributed by atoms with van der Waals surface area (Å²) in [7, 11) is -1.77. The lowest BCUT2D eigenvalue weighted by Crippen LogP contribution is -2.25. The van der Waals surface area contributed by atoms with E-state index in [9.17, 15) is 13.2 Å². The van der Waals surface area contributed by atoms with Gasteiger partial charge in [0.1, 0.15) is 0 Å². The Kier molecular flexibility index (Phi) is 5.76. The van der Waals surface area contributed by atoms with Crippen LogP contribution in [-0.2, 0) is 14.9 Å². The topological polar surface area (TPSA) is 101 Å². The van der Waals surface area contributed by atoms with Crippen molar-refractivity contribution in [3.8, 4) is 0 Å². The maximum atomic E-state index is 10.6. The molecule has 0 saturated heterocycles. The molecule has 1 aliphatic heterocycles. The zero-order valence-electron chi connectivity index (χ0n) is 9.25. The van der Waals surface area contributed by atoms with Crippen LogP contribution in [0.15, 0.2) is 23.9 Å². The van der Waals surface area contributed by atoms with Crippen LogP contribution in [0.2, 0.25) is 0 Å². The van der Waals surface area contributed by atoms with Gasteiger partial charge in [-0.25, -0.2) is 0 Å². The Morgan fingerprint density at radius 2 is 2.12 bits per heavy atom. The van der Waals surface area contributed by atoms with Gasteiger partial charge in [-0.05, 0) is 19.2 Å². The fourth-order valence-corrected chi connectivity index (χ4v) is 0.840. The van der Waals surface area contributed by atoms with Crippen molar-refractivity contribution in [3.05, 3.63) is 23.9 Å². The van der Waals surface area contributed by atoms with Crippen molar-refractivity contribution in [3.63, 3.8) is 0 Å². The molecule has 0 unspecified atom stereocenters. The van der Waals surface area contributed by atoms with E-state index >= 15 is 0 Å². The monoisotopic (exact) mass is 248 g/mol. The van der Waals surface area contributed by atoms with E-state index in [0.29, 0.717) is 12.1 Å². The zero-order chi connectivity index (χ0) is 12.8. The van der Waals surface area contributed by atoms with Gasteiger partial charge in [0.25, 0.3) is 10.1 Å². The molecule has 1 amide bonds. The minimum absolute atomic E-state index is 0.201. The van der Waals surface area contributed by atoms with Gasteiger partial charge in [0, 0.05) is 19.2 Å². The summed E-state index contributed by atoms with van der Waals surface area (Å²) in [5.41, 5.74) is 5.72. The summed E-state index contributed by atoms with van der Waals surface area (Å²) in [5.74, 6) is -0.538. The molecule has 16 heavy (non-hydrogen) atoms. The average Bonchev–Trinajstić information content (AvgIpc) is 2.17. The maximum absolute atomic E-state index is 10.6. The highest BCUT2D eigenvalue weighted by Crippen LogP contribution is 2.03. The third-order valence-corrected chi connectivity index (χ3v) is 2.47. The third kappa shape index (κ3) is 7.02. The Morgan fingerprint density at radius 3 is 2.38 bits per heavy atom. The number of allylic oxidation sites excluding steroid dienone is 2. The van der Waals surface area contributed by atoms with Gasteiger partial charge < -0.3 is 10.6 Å². The van der Waals surface area contributed by atoms with Crippen LogP contribution in [0.1, 0.15) is 6.92 Å². The zero-order valence-corrected chi connectivity index (χ0v) is 10.1. The number of nitrogens with zero attached hydrogens (tertiary/aromatic N) is 1. The number of primary amides is 1. The molecule has 0 saturated carbocycles. The van der Waals surface area contributed by atoms with Crippen molar-refractivity contribution in [2.45, 2.75) is 6.92 Å². The Bertz CT molecular complexity index is 398. The quantitative estimate of drug-likeness (QED) is 0.656. The molecule has 6 nitrogen and oxygen atoms in total. The van der Waals surface area contributed by atoms with Gasteiger partial charge in [-0.15, -0.1) is 0 Å². The fourth-order valence-electron chi connectivity index (χ4n) is 0.840.